The number of hydrogen-bond donors (Lipinski definition) is 3. The molecule has 10 nitrogen and oxygen atoms in total. The van der Waals surface area contributed by atoms with Crippen molar-refractivity contribution < 1.29 is 14.3 Å². The summed E-state index contributed by atoms with van der Waals surface area (Å²) >= 11 is 0. The Balaban J connectivity index is 1.49. The van der Waals surface area contributed by atoms with Crippen molar-refractivity contribution in [2.75, 3.05) is 11.9 Å². The highest BCUT2D eigenvalue weighted by Gasteiger charge is 2.26. The smallest absolute Gasteiger partial charge is 0.307 e. The number of rotatable bonds is 7. The number of anilines is 2. The van der Waals surface area contributed by atoms with Crippen LogP contribution in [0.25, 0.3) is 11.4 Å². The largest absolute Gasteiger partial charge is 0.440 e. The van der Waals surface area contributed by atoms with Gasteiger partial charge in [0.25, 0.3) is 5.89 Å². The fourth-order valence-electron chi connectivity index (χ4n) is 3.94. The monoisotopic (exact) mass is 425 g/mol. The third-order valence-corrected chi connectivity index (χ3v) is 5.71. The van der Waals surface area contributed by atoms with Crippen LogP contribution in [0.1, 0.15) is 48.4 Å². The van der Waals surface area contributed by atoms with Gasteiger partial charge in [-0.05, 0) is 31.2 Å². The van der Waals surface area contributed by atoms with E-state index in [-0.39, 0.29) is 24.5 Å². The Morgan fingerprint density at radius 2 is 2.13 bits per heavy atom. The molecule has 3 aromatic rings. The number of aryl methyl sites for hydroxylation is 2. The zero-order valence-corrected chi connectivity index (χ0v) is 17.7. The molecule has 0 spiro atoms. The van der Waals surface area contributed by atoms with E-state index in [1.54, 1.807) is 17.1 Å². The van der Waals surface area contributed by atoms with Gasteiger partial charge in [0.05, 0.1) is 18.8 Å². The van der Waals surface area contributed by atoms with Crippen LogP contribution in [-0.2, 0) is 7.05 Å². The number of aromatic nitrogens is 5. The molecule has 31 heavy (non-hydrogen) atoms. The molecule has 1 fully saturated rings. The summed E-state index contributed by atoms with van der Waals surface area (Å²) in [6, 6.07) is 1.52. The van der Waals surface area contributed by atoms with Gasteiger partial charge >= 0.3 is 5.91 Å². The van der Waals surface area contributed by atoms with Gasteiger partial charge in [0.2, 0.25) is 5.95 Å². The summed E-state index contributed by atoms with van der Waals surface area (Å²) in [4.78, 5) is 25.8. The van der Waals surface area contributed by atoms with Crippen molar-refractivity contribution in [2.45, 2.75) is 45.1 Å². The van der Waals surface area contributed by atoms with Gasteiger partial charge in [-0.2, -0.15) is 5.10 Å². The molecule has 0 radical (unpaired) electrons. The van der Waals surface area contributed by atoms with Crippen molar-refractivity contribution in [3.05, 3.63) is 36.2 Å². The second kappa shape index (κ2) is 9.25. The van der Waals surface area contributed by atoms with Gasteiger partial charge in [-0.3, -0.25) is 9.48 Å². The Morgan fingerprint density at radius 3 is 2.84 bits per heavy atom. The van der Waals surface area contributed by atoms with Crippen LogP contribution in [0.15, 0.2) is 29.1 Å². The molecular formula is C21H27N7O3. The first-order chi connectivity index (χ1) is 15.0. The van der Waals surface area contributed by atoms with E-state index in [1.165, 1.54) is 12.7 Å². The number of nitrogens with one attached hydrogen (secondary N) is 2. The maximum Gasteiger partial charge on any atom is 0.307 e. The van der Waals surface area contributed by atoms with Gasteiger partial charge in [0.1, 0.15) is 23.5 Å². The SMILES string of the molecule is Cc1cnc(Nc2ccnn2C)nc1-c1coc(C(=O)N[C@H](CO)C2CCCCC2)n1. The van der Waals surface area contributed by atoms with Crippen LogP contribution in [0.5, 0.6) is 0 Å². The minimum Gasteiger partial charge on any atom is -0.440 e. The zero-order valence-electron chi connectivity index (χ0n) is 17.7. The minimum absolute atomic E-state index is 0.0524. The highest BCUT2D eigenvalue weighted by atomic mass is 16.4. The van der Waals surface area contributed by atoms with Gasteiger partial charge < -0.3 is 20.2 Å². The van der Waals surface area contributed by atoms with Crippen LogP contribution >= 0.6 is 0 Å². The predicted octanol–water partition coefficient (Wildman–Crippen LogP) is 2.59. The topological polar surface area (TPSA) is 131 Å². The van der Waals surface area contributed by atoms with E-state index in [0.717, 1.165) is 37.1 Å². The van der Waals surface area contributed by atoms with Crippen LogP contribution < -0.4 is 10.6 Å². The molecule has 0 unspecified atom stereocenters. The summed E-state index contributed by atoms with van der Waals surface area (Å²) in [7, 11) is 1.81. The zero-order chi connectivity index (χ0) is 21.8. The number of hydrogen-bond acceptors (Lipinski definition) is 8. The van der Waals surface area contributed by atoms with Crippen LogP contribution in [0, 0.1) is 12.8 Å². The predicted molar refractivity (Wildman–Crippen MR) is 114 cm³/mol. The first-order valence-electron chi connectivity index (χ1n) is 10.5. The van der Waals surface area contributed by atoms with E-state index in [4.69, 9.17) is 4.42 Å². The number of aliphatic hydroxyl groups excluding tert-OH is 1. The lowest BCUT2D eigenvalue weighted by atomic mass is 9.84. The van der Waals surface area contributed by atoms with Gasteiger partial charge in [-0.1, -0.05) is 19.3 Å². The molecule has 1 aliphatic rings. The van der Waals surface area contributed by atoms with Crippen molar-refractivity contribution in [1.82, 2.24) is 30.0 Å². The average molecular weight is 425 g/mol. The lowest BCUT2D eigenvalue weighted by Gasteiger charge is -2.29. The Bertz CT molecular complexity index is 1040. The molecule has 3 aromatic heterocycles. The summed E-state index contributed by atoms with van der Waals surface area (Å²) in [6.45, 7) is 1.76. The van der Waals surface area contributed by atoms with Gasteiger partial charge in [0, 0.05) is 19.3 Å². The normalized spacial score (nSPS) is 15.6. The number of nitrogens with zero attached hydrogens (tertiary/aromatic N) is 5. The van der Waals surface area contributed by atoms with Crippen molar-refractivity contribution in [3.63, 3.8) is 0 Å². The van der Waals surface area contributed by atoms with Gasteiger partial charge in [0.15, 0.2) is 0 Å². The van der Waals surface area contributed by atoms with Crippen molar-refractivity contribution in [1.29, 1.82) is 0 Å². The summed E-state index contributed by atoms with van der Waals surface area (Å²) in [5.74, 6) is 0.921. The molecule has 1 saturated carbocycles. The summed E-state index contributed by atoms with van der Waals surface area (Å²) in [5, 5.41) is 19.8. The minimum atomic E-state index is -0.434. The third-order valence-electron chi connectivity index (χ3n) is 5.71. The molecule has 0 bridgehead atoms. The Labute approximate surface area is 180 Å². The molecule has 0 saturated heterocycles. The quantitative estimate of drug-likeness (QED) is 0.526. The fraction of sp³-hybridized carbons (Fsp3) is 0.476. The highest BCUT2D eigenvalue weighted by Crippen LogP contribution is 2.27. The summed E-state index contributed by atoms with van der Waals surface area (Å²) in [6.07, 6.45) is 10.2. The molecule has 1 atom stereocenters. The van der Waals surface area contributed by atoms with E-state index in [2.05, 4.69) is 30.7 Å². The second-order valence-corrected chi connectivity index (χ2v) is 7.89. The lowest BCUT2D eigenvalue weighted by molar-refractivity contribution is 0.0836. The maximum absolute atomic E-state index is 12.7. The van der Waals surface area contributed by atoms with Crippen molar-refractivity contribution >= 4 is 17.7 Å². The molecule has 3 N–H and O–H groups in total. The van der Waals surface area contributed by atoms with Crippen LogP contribution in [-0.4, -0.2) is 48.4 Å². The molecular weight excluding hydrogens is 398 g/mol. The van der Waals surface area contributed by atoms with E-state index in [9.17, 15) is 9.90 Å². The summed E-state index contributed by atoms with van der Waals surface area (Å²) in [5.41, 5.74) is 1.80. The highest BCUT2D eigenvalue weighted by molar-refractivity contribution is 5.90. The van der Waals surface area contributed by atoms with E-state index >= 15 is 0 Å². The average Bonchev–Trinajstić information content (AvgIpc) is 3.43. The van der Waals surface area contributed by atoms with Crippen LogP contribution in [0.4, 0.5) is 11.8 Å². The Morgan fingerprint density at radius 1 is 1.32 bits per heavy atom. The number of amides is 1. The van der Waals surface area contributed by atoms with Gasteiger partial charge in [-0.15, -0.1) is 0 Å². The Kier molecular flexibility index (Phi) is 6.26. The fourth-order valence-corrected chi connectivity index (χ4v) is 3.94. The van der Waals surface area contributed by atoms with Gasteiger partial charge in [-0.25, -0.2) is 15.0 Å². The molecule has 1 amide bonds. The van der Waals surface area contributed by atoms with E-state index < -0.39 is 5.91 Å². The molecule has 3 heterocycles. The molecule has 0 aromatic carbocycles. The number of carbonyl (C=O) groups excluding carboxylic acids is 1. The molecule has 164 valence electrons. The Hall–Kier alpha value is -3.27. The summed E-state index contributed by atoms with van der Waals surface area (Å²) < 4.78 is 7.11. The first kappa shape index (κ1) is 21.0. The molecule has 0 aliphatic heterocycles. The first-order valence-corrected chi connectivity index (χ1v) is 10.5. The van der Waals surface area contributed by atoms with Crippen LogP contribution in [0.3, 0.4) is 0 Å². The van der Waals surface area contributed by atoms with Crippen molar-refractivity contribution in [2.24, 2.45) is 13.0 Å². The lowest BCUT2D eigenvalue weighted by Crippen LogP contribution is -2.43. The number of aliphatic hydroxyl groups is 1. The molecule has 4 rings (SSSR count). The second-order valence-electron chi connectivity index (χ2n) is 7.89. The maximum atomic E-state index is 12.7. The van der Waals surface area contributed by atoms with Crippen molar-refractivity contribution in [3.8, 4) is 11.4 Å². The van der Waals surface area contributed by atoms with Crippen LogP contribution in [0.2, 0.25) is 0 Å². The molecule has 10 heteroatoms. The van der Waals surface area contributed by atoms with E-state index in [0.29, 0.717) is 17.3 Å². The molecule has 1 aliphatic carbocycles. The third kappa shape index (κ3) is 4.74. The number of carbonyl (C=O) groups is 1. The van der Waals surface area contributed by atoms with E-state index in [1.807, 2.05) is 20.0 Å². The number of oxazole rings is 1. The standard InChI is InChI=1S/C21H27N7O3/c1-13-10-22-21(26-17-8-9-23-28(17)2)27-18(13)16-12-31-20(25-16)19(30)24-15(11-29)14-6-4-3-5-7-14/h8-10,12,14-15,29H,3-7,11H2,1-2H3,(H,24,30)(H,22,26,27)/t15-/m1/s1.